The molecule has 6 rings (SSSR count). The smallest absolute Gasteiger partial charge is 0.122 e. The van der Waals surface area contributed by atoms with Crippen molar-refractivity contribution in [3.8, 4) is 16.9 Å². The van der Waals surface area contributed by atoms with Crippen LogP contribution in [0.25, 0.3) is 11.1 Å². The van der Waals surface area contributed by atoms with E-state index in [2.05, 4.69) is 55.9 Å². The fourth-order valence-electron chi connectivity index (χ4n) is 6.50. The summed E-state index contributed by atoms with van der Waals surface area (Å²) in [5.41, 5.74) is 11.4. The third-order valence-corrected chi connectivity index (χ3v) is 8.84. The van der Waals surface area contributed by atoms with E-state index in [9.17, 15) is 0 Å². The molecule has 2 aliphatic heterocycles. The van der Waals surface area contributed by atoms with Crippen LogP contribution < -0.4 is 4.74 Å². The minimum absolute atomic E-state index is 0.312. The first-order valence-corrected chi connectivity index (χ1v) is 14.0. The molecule has 3 aromatic rings. The molecule has 0 bridgehead atoms. The first-order valence-electron chi connectivity index (χ1n) is 14.0. The van der Waals surface area contributed by atoms with Crippen LogP contribution in [0.3, 0.4) is 0 Å². The molecule has 0 fully saturated rings. The lowest BCUT2D eigenvalue weighted by atomic mass is 9.74. The van der Waals surface area contributed by atoms with Gasteiger partial charge in [0.05, 0.1) is 18.0 Å². The summed E-state index contributed by atoms with van der Waals surface area (Å²) in [7, 11) is 0. The Morgan fingerprint density at radius 2 is 1.95 bits per heavy atom. The van der Waals surface area contributed by atoms with E-state index in [0.29, 0.717) is 23.9 Å². The quantitative estimate of drug-likeness (QED) is 0.385. The molecule has 5 heteroatoms. The molecule has 2 atom stereocenters. The number of aryl methyl sites for hydroxylation is 2. The van der Waals surface area contributed by atoms with Gasteiger partial charge in [-0.15, -0.1) is 0 Å². The van der Waals surface area contributed by atoms with Gasteiger partial charge < -0.3 is 4.74 Å². The minimum atomic E-state index is 0.312. The topological polar surface area (TPSA) is 60.3 Å². The summed E-state index contributed by atoms with van der Waals surface area (Å²) in [6.07, 6.45) is 14.3. The monoisotopic (exact) mass is 494 g/mol. The number of rotatable bonds is 3. The van der Waals surface area contributed by atoms with E-state index < -0.39 is 0 Å². The Morgan fingerprint density at radius 1 is 1.05 bits per heavy atom. The van der Waals surface area contributed by atoms with E-state index in [1.165, 1.54) is 45.8 Å². The Kier molecular flexibility index (Phi) is 6.34. The van der Waals surface area contributed by atoms with Gasteiger partial charge in [-0.3, -0.25) is 9.98 Å². The van der Waals surface area contributed by atoms with Gasteiger partial charge in [-0.25, -0.2) is 9.97 Å². The molecular weight excluding hydrogens is 456 g/mol. The van der Waals surface area contributed by atoms with Crippen LogP contribution in [0.5, 0.6) is 5.75 Å². The van der Waals surface area contributed by atoms with E-state index in [1.807, 2.05) is 12.4 Å². The first-order chi connectivity index (χ1) is 17.9. The summed E-state index contributed by atoms with van der Waals surface area (Å²) in [6, 6.07) is 6.63. The molecule has 2 aromatic heterocycles. The highest BCUT2D eigenvalue weighted by Gasteiger charge is 2.31. The van der Waals surface area contributed by atoms with Crippen molar-refractivity contribution in [2.45, 2.75) is 85.0 Å². The number of fused-ring (bicyclic) bond motifs is 3. The Morgan fingerprint density at radius 3 is 2.81 bits per heavy atom. The predicted octanol–water partition coefficient (Wildman–Crippen LogP) is 7.23. The van der Waals surface area contributed by atoms with Crippen LogP contribution >= 0.6 is 0 Å². The molecular formula is C32H38N4O. The summed E-state index contributed by atoms with van der Waals surface area (Å²) >= 11 is 0. The van der Waals surface area contributed by atoms with Crippen LogP contribution in [0.2, 0.25) is 0 Å². The summed E-state index contributed by atoms with van der Waals surface area (Å²) in [6.45, 7) is 9.87. The second-order valence-electron chi connectivity index (χ2n) is 12.0. The second-order valence-corrected chi connectivity index (χ2v) is 12.0. The third kappa shape index (κ3) is 4.69. The van der Waals surface area contributed by atoms with Gasteiger partial charge in [-0.1, -0.05) is 26.8 Å². The number of aromatic nitrogens is 3. The Labute approximate surface area is 220 Å². The Balaban J connectivity index is 1.30. The summed E-state index contributed by atoms with van der Waals surface area (Å²) in [5.74, 6) is 1.92. The molecule has 0 radical (unpaired) electrons. The largest absolute Gasteiger partial charge is 0.493 e. The average Bonchev–Trinajstić information content (AvgIpc) is 2.88. The SMILES string of the molecule is CCC1Cc2cncc(-c3ccc4c(c3)CCC(c3ncnc5c3CC(C)(C)CC5)CCO4)c2N=C1C. The Hall–Kier alpha value is -3.08. The number of hydrogen-bond acceptors (Lipinski definition) is 5. The van der Waals surface area contributed by atoms with Crippen LogP contribution in [0.15, 0.2) is 41.9 Å². The van der Waals surface area contributed by atoms with E-state index in [4.69, 9.17) is 14.7 Å². The zero-order chi connectivity index (χ0) is 25.6. The van der Waals surface area contributed by atoms with Crippen LogP contribution in [0, 0.1) is 11.3 Å². The molecule has 37 heavy (non-hydrogen) atoms. The molecule has 2 unspecified atom stereocenters. The highest BCUT2D eigenvalue weighted by molar-refractivity contribution is 5.92. The van der Waals surface area contributed by atoms with Gasteiger partial charge in [-0.05, 0) is 98.1 Å². The van der Waals surface area contributed by atoms with E-state index in [0.717, 1.165) is 61.9 Å². The van der Waals surface area contributed by atoms with Gasteiger partial charge in [0.25, 0.3) is 0 Å². The zero-order valence-electron chi connectivity index (χ0n) is 22.7. The van der Waals surface area contributed by atoms with Crippen molar-refractivity contribution in [1.82, 2.24) is 15.0 Å². The van der Waals surface area contributed by atoms with Crippen molar-refractivity contribution in [2.24, 2.45) is 16.3 Å². The molecule has 4 heterocycles. The predicted molar refractivity (Wildman–Crippen MR) is 149 cm³/mol. The summed E-state index contributed by atoms with van der Waals surface area (Å²) in [5, 5.41) is 0. The van der Waals surface area contributed by atoms with Gasteiger partial charge in [0.15, 0.2) is 0 Å². The second kappa shape index (κ2) is 9.66. The van der Waals surface area contributed by atoms with Gasteiger partial charge in [0, 0.05) is 41.2 Å². The van der Waals surface area contributed by atoms with E-state index in [1.54, 1.807) is 6.33 Å². The van der Waals surface area contributed by atoms with Crippen LogP contribution in [0.4, 0.5) is 5.69 Å². The van der Waals surface area contributed by atoms with Gasteiger partial charge >= 0.3 is 0 Å². The lowest BCUT2D eigenvalue weighted by Crippen LogP contribution is -2.26. The lowest BCUT2D eigenvalue weighted by molar-refractivity contribution is 0.276. The van der Waals surface area contributed by atoms with Crippen LogP contribution in [-0.4, -0.2) is 27.3 Å². The molecule has 1 aromatic carbocycles. The molecule has 192 valence electrons. The number of hydrogen-bond donors (Lipinski definition) is 0. The highest BCUT2D eigenvalue weighted by atomic mass is 16.5. The fourth-order valence-corrected chi connectivity index (χ4v) is 6.50. The van der Waals surface area contributed by atoms with Crippen molar-refractivity contribution in [1.29, 1.82) is 0 Å². The maximum atomic E-state index is 6.33. The maximum absolute atomic E-state index is 6.33. The zero-order valence-corrected chi connectivity index (χ0v) is 22.7. The molecule has 1 aliphatic carbocycles. The molecule has 0 saturated carbocycles. The van der Waals surface area contributed by atoms with Crippen LogP contribution in [-0.2, 0) is 25.7 Å². The van der Waals surface area contributed by atoms with Crippen molar-refractivity contribution in [2.75, 3.05) is 6.61 Å². The molecule has 0 N–H and O–H groups in total. The lowest BCUT2D eigenvalue weighted by Gasteiger charge is -2.33. The molecule has 0 spiro atoms. The number of pyridine rings is 1. The highest BCUT2D eigenvalue weighted by Crippen LogP contribution is 2.42. The van der Waals surface area contributed by atoms with Crippen LogP contribution in [0.1, 0.15) is 87.4 Å². The van der Waals surface area contributed by atoms with Crippen molar-refractivity contribution < 1.29 is 4.74 Å². The Bertz CT molecular complexity index is 1360. The molecule has 5 nitrogen and oxygen atoms in total. The fraction of sp³-hybridized carbons (Fsp3) is 0.500. The standard InChI is InChI=1S/C32H38N4O/c1-5-21-14-25-17-33-18-27(31(25)36-20(21)2)23-8-9-29-24(15-23)7-6-22(11-13-37-29)30-26-16-32(3,4)12-10-28(26)34-19-35-30/h8-9,15,17-19,21-22H,5-7,10-14,16H2,1-4H3. The number of benzene rings is 1. The van der Waals surface area contributed by atoms with Gasteiger partial charge in [0.1, 0.15) is 12.1 Å². The van der Waals surface area contributed by atoms with E-state index >= 15 is 0 Å². The normalized spacial score (nSPS) is 22.4. The van der Waals surface area contributed by atoms with E-state index in [-0.39, 0.29) is 0 Å². The van der Waals surface area contributed by atoms with Gasteiger partial charge in [-0.2, -0.15) is 0 Å². The average molecular weight is 495 g/mol. The molecule has 3 aliphatic rings. The summed E-state index contributed by atoms with van der Waals surface area (Å²) < 4.78 is 6.33. The number of nitrogens with zero attached hydrogens (tertiary/aromatic N) is 4. The minimum Gasteiger partial charge on any atom is -0.493 e. The van der Waals surface area contributed by atoms with Gasteiger partial charge in [0.2, 0.25) is 0 Å². The molecule has 0 amide bonds. The molecule has 0 saturated heterocycles. The number of aliphatic imine (C=N–C) groups is 1. The third-order valence-electron chi connectivity index (χ3n) is 8.84. The van der Waals surface area contributed by atoms with Crippen molar-refractivity contribution in [3.63, 3.8) is 0 Å². The summed E-state index contributed by atoms with van der Waals surface area (Å²) in [4.78, 5) is 19.2. The van der Waals surface area contributed by atoms with Crippen molar-refractivity contribution in [3.05, 3.63) is 65.0 Å². The number of ether oxygens (including phenoxy) is 1. The first kappa shape index (κ1) is 24.3. The van der Waals surface area contributed by atoms with Crippen molar-refractivity contribution >= 4 is 11.4 Å². The maximum Gasteiger partial charge on any atom is 0.122 e.